The van der Waals surface area contributed by atoms with Crippen LogP contribution < -0.4 is 10.0 Å². The van der Waals surface area contributed by atoms with E-state index in [1.807, 2.05) is 0 Å². The Morgan fingerprint density at radius 2 is 2.37 bits per heavy atom. The Morgan fingerprint density at radius 1 is 1.53 bits per heavy atom. The van der Waals surface area contributed by atoms with Crippen molar-refractivity contribution in [2.75, 3.05) is 33.4 Å². The average Bonchev–Trinajstić information content (AvgIpc) is 2.87. The molecule has 0 saturated carbocycles. The van der Waals surface area contributed by atoms with Gasteiger partial charge in [0.2, 0.25) is 0 Å². The van der Waals surface area contributed by atoms with Crippen molar-refractivity contribution >= 4 is 10.0 Å². The predicted octanol–water partition coefficient (Wildman–Crippen LogP) is -1.18. The van der Waals surface area contributed by atoms with Crippen LogP contribution in [0.2, 0.25) is 0 Å². The van der Waals surface area contributed by atoms with E-state index in [0.29, 0.717) is 31.9 Å². The number of aromatic nitrogens is 2. The lowest BCUT2D eigenvalue weighted by Gasteiger charge is -2.22. The maximum atomic E-state index is 12.1. The molecule has 108 valence electrons. The molecule has 1 aliphatic heterocycles. The van der Waals surface area contributed by atoms with Gasteiger partial charge in [-0.15, -0.1) is 0 Å². The van der Waals surface area contributed by atoms with Crippen LogP contribution in [0.4, 0.5) is 0 Å². The molecule has 1 saturated heterocycles. The fourth-order valence-electron chi connectivity index (χ4n) is 1.78. The number of nitrogens with one attached hydrogen (secondary N) is 3. The lowest BCUT2D eigenvalue weighted by Crippen LogP contribution is -2.40. The molecule has 1 atom stereocenters. The van der Waals surface area contributed by atoms with Crippen LogP contribution in [0.3, 0.4) is 0 Å². The van der Waals surface area contributed by atoms with Gasteiger partial charge in [0.05, 0.1) is 32.1 Å². The third-order valence-corrected chi connectivity index (χ3v) is 4.14. The third-order valence-electron chi connectivity index (χ3n) is 2.70. The second-order valence-electron chi connectivity index (χ2n) is 4.17. The van der Waals surface area contributed by atoms with Crippen molar-refractivity contribution in [3.05, 3.63) is 11.8 Å². The van der Waals surface area contributed by atoms with Gasteiger partial charge in [-0.05, 0) is 7.05 Å². The van der Waals surface area contributed by atoms with Gasteiger partial charge in [0.1, 0.15) is 0 Å². The minimum atomic E-state index is -3.61. The van der Waals surface area contributed by atoms with E-state index < -0.39 is 10.0 Å². The van der Waals surface area contributed by atoms with Crippen molar-refractivity contribution < 1.29 is 17.9 Å². The fourth-order valence-corrected chi connectivity index (χ4v) is 2.97. The number of nitrogens with zero attached hydrogens (tertiary/aromatic N) is 1. The van der Waals surface area contributed by atoms with Crippen LogP contribution in [-0.2, 0) is 26.0 Å². The molecule has 0 amide bonds. The normalized spacial score (nSPS) is 20.6. The molecular weight excluding hydrogens is 272 g/mol. The molecule has 0 aromatic carbocycles. The Balaban J connectivity index is 1.98. The summed E-state index contributed by atoms with van der Waals surface area (Å²) in [5.74, 6) is 0. The van der Waals surface area contributed by atoms with E-state index in [1.165, 1.54) is 6.20 Å². The number of aromatic amines is 1. The fraction of sp³-hybridized carbons (Fsp3) is 0.700. The zero-order valence-corrected chi connectivity index (χ0v) is 11.5. The number of ether oxygens (including phenoxy) is 2. The molecule has 19 heavy (non-hydrogen) atoms. The molecule has 0 radical (unpaired) electrons. The number of sulfonamides is 1. The Labute approximate surface area is 111 Å². The number of hydrogen-bond donors (Lipinski definition) is 3. The molecule has 1 fully saturated rings. The highest BCUT2D eigenvalue weighted by Gasteiger charge is 2.23. The van der Waals surface area contributed by atoms with Crippen molar-refractivity contribution in [3.8, 4) is 0 Å². The highest BCUT2D eigenvalue weighted by Crippen LogP contribution is 2.11. The zero-order chi connectivity index (χ0) is 13.7. The monoisotopic (exact) mass is 290 g/mol. The Kier molecular flexibility index (Phi) is 4.88. The summed E-state index contributed by atoms with van der Waals surface area (Å²) in [5, 5.41) is 9.24. The summed E-state index contributed by atoms with van der Waals surface area (Å²) in [6, 6.07) is 0. The molecule has 2 heterocycles. The minimum absolute atomic E-state index is 0.0820. The lowest BCUT2D eigenvalue weighted by molar-refractivity contribution is -0.0847. The van der Waals surface area contributed by atoms with E-state index in [4.69, 9.17) is 9.47 Å². The summed E-state index contributed by atoms with van der Waals surface area (Å²) >= 11 is 0. The first-order chi connectivity index (χ1) is 9.13. The van der Waals surface area contributed by atoms with Gasteiger partial charge < -0.3 is 14.8 Å². The molecular formula is C10H18N4O4S. The third kappa shape index (κ3) is 3.74. The van der Waals surface area contributed by atoms with Gasteiger partial charge in [0.15, 0.2) is 5.03 Å². The minimum Gasteiger partial charge on any atom is -0.376 e. The average molecular weight is 290 g/mol. The highest BCUT2D eigenvalue weighted by atomic mass is 32.2. The summed E-state index contributed by atoms with van der Waals surface area (Å²) in [6.07, 6.45) is 1.24. The van der Waals surface area contributed by atoms with Crippen LogP contribution in [0.5, 0.6) is 0 Å². The van der Waals surface area contributed by atoms with Gasteiger partial charge in [-0.3, -0.25) is 5.10 Å². The first-order valence-corrected chi connectivity index (χ1v) is 7.47. The first kappa shape index (κ1) is 14.4. The van der Waals surface area contributed by atoms with Gasteiger partial charge in [0.25, 0.3) is 10.0 Å². The van der Waals surface area contributed by atoms with Crippen LogP contribution in [-0.4, -0.2) is 58.1 Å². The van der Waals surface area contributed by atoms with Crippen molar-refractivity contribution in [2.45, 2.75) is 17.7 Å². The van der Waals surface area contributed by atoms with Gasteiger partial charge in [-0.2, -0.15) is 5.10 Å². The lowest BCUT2D eigenvalue weighted by atomic mass is 10.3. The second kappa shape index (κ2) is 6.44. The van der Waals surface area contributed by atoms with Crippen LogP contribution in [0.1, 0.15) is 5.56 Å². The molecule has 9 heteroatoms. The van der Waals surface area contributed by atoms with Crippen molar-refractivity contribution in [1.82, 2.24) is 20.2 Å². The number of rotatable bonds is 6. The summed E-state index contributed by atoms with van der Waals surface area (Å²) in [7, 11) is -1.87. The van der Waals surface area contributed by atoms with Crippen LogP contribution in [0.25, 0.3) is 0 Å². The van der Waals surface area contributed by atoms with E-state index in [0.717, 1.165) is 0 Å². The maximum Gasteiger partial charge on any atom is 0.257 e. The molecule has 0 aliphatic carbocycles. The van der Waals surface area contributed by atoms with E-state index in [-0.39, 0.29) is 17.7 Å². The summed E-state index contributed by atoms with van der Waals surface area (Å²) in [6.45, 7) is 2.04. The number of hydrogen-bond acceptors (Lipinski definition) is 6. The van der Waals surface area contributed by atoms with E-state index in [1.54, 1.807) is 7.05 Å². The largest absolute Gasteiger partial charge is 0.376 e. The van der Waals surface area contributed by atoms with Gasteiger partial charge in [-0.25, -0.2) is 13.1 Å². The Morgan fingerprint density at radius 3 is 3.05 bits per heavy atom. The molecule has 0 spiro atoms. The highest BCUT2D eigenvalue weighted by molar-refractivity contribution is 7.89. The Hall–Kier alpha value is -1.00. The van der Waals surface area contributed by atoms with Gasteiger partial charge >= 0.3 is 0 Å². The molecule has 1 unspecified atom stereocenters. The number of H-pyrrole nitrogens is 1. The zero-order valence-electron chi connectivity index (χ0n) is 10.7. The molecule has 0 bridgehead atoms. The Bertz CT molecular complexity index is 495. The van der Waals surface area contributed by atoms with Gasteiger partial charge in [-0.1, -0.05) is 0 Å². The van der Waals surface area contributed by atoms with Crippen LogP contribution >= 0.6 is 0 Å². The van der Waals surface area contributed by atoms with Crippen LogP contribution in [0, 0.1) is 0 Å². The molecule has 1 aromatic heterocycles. The smallest absolute Gasteiger partial charge is 0.257 e. The maximum absolute atomic E-state index is 12.1. The van der Waals surface area contributed by atoms with Crippen molar-refractivity contribution in [1.29, 1.82) is 0 Å². The van der Waals surface area contributed by atoms with E-state index in [9.17, 15) is 8.42 Å². The quantitative estimate of drug-likeness (QED) is 0.609. The summed E-state index contributed by atoms with van der Waals surface area (Å²) < 4.78 is 37.3. The SMILES string of the molecule is CNCc1cn[nH]c1S(=O)(=O)NCC1COCCO1. The summed E-state index contributed by atoms with van der Waals surface area (Å²) in [4.78, 5) is 0. The predicted molar refractivity (Wildman–Crippen MR) is 67.1 cm³/mol. The summed E-state index contributed by atoms with van der Waals surface area (Å²) in [5.41, 5.74) is 0.593. The van der Waals surface area contributed by atoms with E-state index in [2.05, 4.69) is 20.2 Å². The first-order valence-electron chi connectivity index (χ1n) is 5.99. The van der Waals surface area contributed by atoms with Gasteiger partial charge in [0, 0.05) is 18.7 Å². The van der Waals surface area contributed by atoms with E-state index >= 15 is 0 Å². The molecule has 2 rings (SSSR count). The van der Waals surface area contributed by atoms with Crippen molar-refractivity contribution in [2.24, 2.45) is 0 Å². The van der Waals surface area contributed by atoms with Crippen molar-refractivity contribution in [3.63, 3.8) is 0 Å². The second-order valence-corrected chi connectivity index (χ2v) is 5.88. The molecule has 8 nitrogen and oxygen atoms in total. The topological polar surface area (TPSA) is 105 Å². The van der Waals surface area contributed by atoms with Crippen LogP contribution in [0.15, 0.2) is 11.2 Å². The molecule has 1 aromatic rings. The molecule has 1 aliphatic rings. The molecule has 3 N–H and O–H groups in total. The standard InChI is InChI=1S/C10H18N4O4S/c1-11-4-8-5-12-14-10(8)19(15,16)13-6-9-7-17-2-3-18-9/h5,9,11,13H,2-4,6-7H2,1H3,(H,12,14).